The fourth-order valence-electron chi connectivity index (χ4n) is 6.68. The van der Waals surface area contributed by atoms with Gasteiger partial charge in [0.2, 0.25) is 5.91 Å². The Labute approximate surface area is 306 Å². The monoisotopic (exact) mass is 714 g/mol. The lowest BCUT2D eigenvalue weighted by atomic mass is 9.99. The van der Waals surface area contributed by atoms with E-state index in [4.69, 9.17) is 9.47 Å². The summed E-state index contributed by atoms with van der Waals surface area (Å²) in [6.07, 6.45) is 27.8. The van der Waals surface area contributed by atoms with Crippen LogP contribution < -0.4 is 5.32 Å². The third-order valence-corrected chi connectivity index (χ3v) is 10.1. The molecule has 0 aromatic rings. The number of ether oxygens (including phenoxy) is 2. The maximum Gasteiger partial charge on any atom is 0.220 e. The highest BCUT2D eigenvalue weighted by Crippen LogP contribution is 2.23. The lowest BCUT2D eigenvalue weighted by molar-refractivity contribution is -0.302. The Balaban J connectivity index is 2.39. The minimum atomic E-state index is -1.55. The first kappa shape index (κ1) is 47.0. The quantitative estimate of drug-likeness (QED) is 0.0293. The van der Waals surface area contributed by atoms with Crippen LogP contribution >= 0.6 is 0 Å². The molecule has 7 unspecified atom stereocenters. The number of unbranched alkanes of at least 4 members (excludes halogenated alkanes) is 22. The summed E-state index contributed by atoms with van der Waals surface area (Å²) < 4.78 is 11.2. The smallest absolute Gasteiger partial charge is 0.220 e. The summed E-state index contributed by atoms with van der Waals surface area (Å²) in [5.74, 6) is -0.154. The summed E-state index contributed by atoms with van der Waals surface area (Å²) in [4.78, 5) is 12.9. The van der Waals surface area contributed by atoms with Crippen LogP contribution in [0.5, 0.6) is 0 Å². The highest BCUT2D eigenvalue weighted by molar-refractivity contribution is 5.76. The van der Waals surface area contributed by atoms with Gasteiger partial charge >= 0.3 is 0 Å². The molecule has 0 radical (unpaired) electrons. The van der Waals surface area contributed by atoms with Crippen molar-refractivity contribution in [1.82, 2.24) is 5.32 Å². The van der Waals surface area contributed by atoms with Crippen molar-refractivity contribution in [3.8, 4) is 0 Å². The highest BCUT2D eigenvalue weighted by Gasteiger charge is 2.44. The second-order valence-corrected chi connectivity index (χ2v) is 14.8. The second kappa shape index (κ2) is 32.6. The molecule has 9 heteroatoms. The molecule has 1 aliphatic rings. The van der Waals surface area contributed by atoms with Gasteiger partial charge in [-0.05, 0) is 38.5 Å². The molecule has 9 nitrogen and oxygen atoms in total. The Hall–Kier alpha value is -1.07. The van der Waals surface area contributed by atoms with E-state index in [1.54, 1.807) is 0 Å². The van der Waals surface area contributed by atoms with Crippen molar-refractivity contribution in [1.29, 1.82) is 0 Å². The maximum absolute atomic E-state index is 12.9. The first-order valence-corrected chi connectivity index (χ1v) is 20.9. The molecular weight excluding hydrogens is 634 g/mol. The van der Waals surface area contributed by atoms with E-state index in [1.807, 2.05) is 0 Å². The number of carbonyl (C=O) groups is 1. The van der Waals surface area contributed by atoms with E-state index in [9.17, 15) is 30.3 Å². The lowest BCUT2D eigenvalue weighted by Gasteiger charge is -2.40. The van der Waals surface area contributed by atoms with Gasteiger partial charge < -0.3 is 40.3 Å². The third-order valence-electron chi connectivity index (χ3n) is 10.1. The molecule has 50 heavy (non-hydrogen) atoms. The van der Waals surface area contributed by atoms with Gasteiger partial charge in [0, 0.05) is 6.42 Å². The van der Waals surface area contributed by atoms with E-state index in [-0.39, 0.29) is 12.5 Å². The van der Waals surface area contributed by atoms with E-state index in [2.05, 4.69) is 31.3 Å². The lowest BCUT2D eigenvalue weighted by Crippen LogP contribution is -2.60. The molecular formula is C41H79NO8. The molecule has 0 aromatic heterocycles. The fourth-order valence-corrected chi connectivity index (χ4v) is 6.68. The van der Waals surface area contributed by atoms with Gasteiger partial charge in [-0.1, -0.05) is 154 Å². The molecule has 1 saturated heterocycles. The molecule has 0 bridgehead atoms. The zero-order valence-corrected chi connectivity index (χ0v) is 32.2. The van der Waals surface area contributed by atoms with Crippen LogP contribution in [0, 0.1) is 0 Å². The fraction of sp³-hybridized carbons (Fsp3) is 0.927. The summed E-state index contributed by atoms with van der Waals surface area (Å²) in [5.41, 5.74) is 0. The van der Waals surface area contributed by atoms with Gasteiger partial charge in [0.25, 0.3) is 0 Å². The molecule has 296 valence electrons. The van der Waals surface area contributed by atoms with Crippen LogP contribution in [-0.2, 0) is 14.3 Å². The minimum absolute atomic E-state index is 0.139. The van der Waals surface area contributed by atoms with Gasteiger partial charge in [-0.2, -0.15) is 0 Å². The Kier molecular flexibility index (Phi) is 30.6. The normalized spacial score (nSPS) is 22.3. The Bertz CT molecular complexity index is 797. The molecule has 0 aliphatic carbocycles. The highest BCUT2D eigenvalue weighted by atomic mass is 16.7. The van der Waals surface area contributed by atoms with Crippen LogP contribution in [0.3, 0.4) is 0 Å². The standard InChI is InChI=1S/C41H79NO8/c1-3-5-7-9-11-13-15-17-19-21-23-25-27-29-31-37(45)42-34(33-49-41-40(48)39(47)38(46)36(32-43)50-41)35(44)30-28-26-24-22-20-18-16-14-12-10-8-6-4-2/h15,17,34-36,38-41,43-44,46-48H,3-14,16,18-33H2,1-2H3,(H,42,45)/b17-15-. The molecule has 0 saturated carbocycles. The van der Waals surface area contributed by atoms with E-state index in [1.165, 1.54) is 109 Å². The summed E-state index contributed by atoms with van der Waals surface area (Å²) in [6.45, 7) is 3.80. The summed E-state index contributed by atoms with van der Waals surface area (Å²) >= 11 is 0. The molecule has 1 amide bonds. The van der Waals surface area contributed by atoms with Crippen molar-refractivity contribution in [3.63, 3.8) is 0 Å². The first-order chi connectivity index (χ1) is 24.3. The number of aliphatic hydroxyl groups is 5. The third kappa shape index (κ3) is 23.5. The SMILES string of the molecule is CCCCCCC/C=C\CCCCCCCC(=O)NC(COC1OC(CO)C(O)C(O)C1O)C(O)CCCCCCCCCCCCCCC. The molecule has 1 heterocycles. The number of amides is 1. The van der Waals surface area contributed by atoms with E-state index >= 15 is 0 Å². The van der Waals surface area contributed by atoms with Gasteiger partial charge in [-0.3, -0.25) is 4.79 Å². The van der Waals surface area contributed by atoms with Crippen molar-refractivity contribution in [2.45, 2.75) is 230 Å². The van der Waals surface area contributed by atoms with E-state index in [0.29, 0.717) is 12.8 Å². The van der Waals surface area contributed by atoms with Crippen molar-refractivity contribution in [3.05, 3.63) is 12.2 Å². The van der Waals surface area contributed by atoms with Gasteiger partial charge in [-0.15, -0.1) is 0 Å². The average molecular weight is 714 g/mol. The number of allylic oxidation sites excluding steroid dienone is 2. The van der Waals surface area contributed by atoms with Crippen LogP contribution in [0.2, 0.25) is 0 Å². The summed E-state index contributed by atoms with van der Waals surface area (Å²) in [7, 11) is 0. The van der Waals surface area contributed by atoms with Crippen LogP contribution in [0.4, 0.5) is 0 Å². The van der Waals surface area contributed by atoms with Crippen molar-refractivity contribution >= 4 is 5.91 Å². The molecule has 1 aliphatic heterocycles. The summed E-state index contributed by atoms with van der Waals surface area (Å²) in [6, 6.07) is -0.717. The van der Waals surface area contributed by atoms with Gasteiger partial charge in [0.1, 0.15) is 24.4 Å². The first-order valence-electron chi connectivity index (χ1n) is 20.9. The maximum atomic E-state index is 12.9. The number of carbonyl (C=O) groups excluding carboxylic acids is 1. The molecule has 0 spiro atoms. The van der Waals surface area contributed by atoms with Crippen molar-refractivity contribution < 1.29 is 39.8 Å². The van der Waals surface area contributed by atoms with Crippen LogP contribution in [0.15, 0.2) is 12.2 Å². The zero-order chi connectivity index (χ0) is 36.7. The van der Waals surface area contributed by atoms with E-state index < -0.39 is 49.5 Å². The van der Waals surface area contributed by atoms with Crippen molar-refractivity contribution in [2.24, 2.45) is 0 Å². The predicted molar refractivity (Wildman–Crippen MR) is 203 cm³/mol. The number of aliphatic hydroxyl groups excluding tert-OH is 5. The number of rotatable bonds is 34. The van der Waals surface area contributed by atoms with Crippen LogP contribution in [0.25, 0.3) is 0 Å². The number of hydrogen-bond acceptors (Lipinski definition) is 8. The largest absolute Gasteiger partial charge is 0.394 e. The molecule has 1 rings (SSSR count). The van der Waals surface area contributed by atoms with Gasteiger partial charge in [0.05, 0.1) is 25.4 Å². The van der Waals surface area contributed by atoms with Gasteiger partial charge in [0.15, 0.2) is 6.29 Å². The Morgan fingerprint density at radius 2 is 1.12 bits per heavy atom. The van der Waals surface area contributed by atoms with Crippen LogP contribution in [0.1, 0.15) is 187 Å². The number of nitrogens with one attached hydrogen (secondary N) is 1. The predicted octanol–water partition coefficient (Wildman–Crippen LogP) is 7.78. The summed E-state index contributed by atoms with van der Waals surface area (Å²) in [5, 5.41) is 54.1. The zero-order valence-electron chi connectivity index (χ0n) is 32.2. The molecule has 6 N–H and O–H groups in total. The molecule has 0 aromatic carbocycles. The Morgan fingerprint density at radius 1 is 0.660 bits per heavy atom. The Morgan fingerprint density at radius 3 is 1.62 bits per heavy atom. The minimum Gasteiger partial charge on any atom is -0.394 e. The van der Waals surface area contributed by atoms with Crippen molar-refractivity contribution in [2.75, 3.05) is 13.2 Å². The van der Waals surface area contributed by atoms with Crippen LogP contribution in [-0.4, -0.2) is 87.5 Å². The van der Waals surface area contributed by atoms with Gasteiger partial charge in [-0.25, -0.2) is 0 Å². The van der Waals surface area contributed by atoms with E-state index in [0.717, 1.165) is 51.4 Å². The average Bonchev–Trinajstić information content (AvgIpc) is 3.11. The second-order valence-electron chi connectivity index (χ2n) is 14.8. The number of hydrogen-bond donors (Lipinski definition) is 6. The topological polar surface area (TPSA) is 149 Å². The molecule has 7 atom stereocenters. The molecule has 1 fully saturated rings.